The van der Waals surface area contributed by atoms with E-state index in [0.29, 0.717) is 20.4 Å². The predicted molar refractivity (Wildman–Crippen MR) is 105 cm³/mol. The Morgan fingerprint density at radius 3 is 2.37 bits per heavy atom. The number of phenolic OH excluding ortho intramolecular Hbond substituents is 1. The lowest BCUT2D eigenvalue weighted by Crippen LogP contribution is -2.12. The van der Waals surface area contributed by atoms with Gasteiger partial charge in [-0.1, -0.05) is 13.8 Å². The first-order chi connectivity index (χ1) is 12.5. The lowest BCUT2D eigenvalue weighted by molar-refractivity contribution is 0.209. The van der Waals surface area contributed by atoms with Crippen molar-refractivity contribution in [3.8, 4) is 17.2 Å². The Labute approximate surface area is 171 Å². The van der Waals surface area contributed by atoms with E-state index in [-0.39, 0.29) is 35.5 Å². The monoisotopic (exact) mass is 509 g/mol. The van der Waals surface area contributed by atoms with E-state index in [9.17, 15) is 22.5 Å². The fourth-order valence-corrected chi connectivity index (χ4v) is 4.12. The maximum atomic E-state index is 13.8. The van der Waals surface area contributed by atoms with E-state index in [1.165, 1.54) is 18.2 Å². The number of aryl methyl sites for hydroxylation is 1. The Hall–Kier alpha value is -1.59. The summed E-state index contributed by atoms with van der Waals surface area (Å²) in [4.78, 5) is -0.251. The Morgan fingerprint density at radius 1 is 1.19 bits per heavy atom. The minimum atomic E-state index is -4.59. The average Bonchev–Trinajstić information content (AvgIpc) is 2.52. The van der Waals surface area contributed by atoms with Gasteiger partial charge in [-0.2, -0.15) is 0 Å². The fourth-order valence-electron chi connectivity index (χ4n) is 2.48. The van der Waals surface area contributed by atoms with Gasteiger partial charge < -0.3 is 19.1 Å². The molecule has 2 aromatic carbocycles. The number of benzene rings is 2. The molecule has 0 heterocycles. The van der Waals surface area contributed by atoms with Crippen LogP contribution in [0.1, 0.15) is 30.9 Å². The molecule has 0 bridgehead atoms. The van der Waals surface area contributed by atoms with Crippen LogP contribution in [0.4, 0.5) is 4.39 Å². The summed E-state index contributed by atoms with van der Waals surface area (Å²) in [5.41, 5.74) is 0.880. The van der Waals surface area contributed by atoms with E-state index >= 15 is 0 Å². The summed E-state index contributed by atoms with van der Waals surface area (Å²) < 4.78 is 59.6. The third kappa shape index (κ3) is 5.45. The first kappa shape index (κ1) is 21.7. The van der Waals surface area contributed by atoms with Crippen molar-refractivity contribution in [3.05, 3.63) is 44.8 Å². The molecule has 27 heavy (non-hydrogen) atoms. The molecule has 0 spiro atoms. The molecule has 2 rings (SSSR count). The Kier molecular flexibility index (Phi) is 6.92. The summed E-state index contributed by atoms with van der Waals surface area (Å²) in [6.45, 7) is 5.31. The molecule has 0 amide bonds. The van der Waals surface area contributed by atoms with Gasteiger partial charge in [0.2, 0.25) is 0 Å². The van der Waals surface area contributed by atoms with Gasteiger partial charge in [-0.15, -0.1) is 0 Å². The first-order valence-corrected chi connectivity index (χ1v) is 10.5. The molecule has 0 radical (unpaired) electrons. The van der Waals surface area contributed by atoms with Crippen molar-refractivity contribution in [1.82, 2.24) is 0 Å². The second-order valence-corrected chi connectivity index (χ2v) is 8.71. The van der Waals surface area contributed by atoms with E-state index in [2.05, 4.69) is 0 Å². The number of rotatable bonds is 7. The zero-order valence-corrected chi connectivity index (χ0v) is 17.9. The van der Waals surface area contributed by atoms with E-state index in [4.69, 9.17) is 9.47 Å². The van der Waals surface area contributed by atoms with Crippen molar-refractivity contribution in [2.75, 3.05) is 13.2 Å². The van der Waals surface area contributed by atoms with Gasteiger partial charge in [0.15, 0.2) is 11.6 Å². The van der Waals surface area contributed by atoms with Gasteiger partial charge in [-0.05, 0) is 64.8 Å². The van der Waals surface area contributed by atoms with Crippen LogP contribution in [0.15, 0.2) is 29.2 Å². The SMILES string of the molecule is Cc1cc(S(=O)(=O)[O-])c(C(C)C)cc1OCCOc1c(F)cc(O)cc1I. The van der Waals surface area contributed by atoms with Crippen LogP contribution in [0, 0.1) is 16.3 Å². The van der Waals surface area contributed by atoms with Crippen LogP contribution in [0.25, 0.3) is 0 Å². The van der Waals surface area contributed by atoms with Crippen molar-refractivity contribution in [3.63, 3.8) is 0 Å². The Balaban J connectivity index is 2.12. The number of hydrogen-bond donors (Lipinski definition) is 1. The quantitative estimate of drug-likeness (QED) is 0.345. The molecular formula is C18H19FIO6S-. The third-order valence-electron chi connectivity index (χ3n) is 3.77. The van der Waals surface area contributed by atoms with E-state index in [1.807, 2.05) is 22.6 Å². The van der Waals surface area contributed by atoms with Gasteiger partial charge in [0.05, 0.1) is 8.47 Å². The standard InChI is InChI=1S/C18H20FIO6S/c1-10(2)13-9-16(11(3)6-17(13)27(22,23)24)25-4-5-26-18-14(19)7-12(21)8-15(18)20/h6-10,21H,4-5H2,1-3H3,(H,22,23,24)/p-1. The van der Waals surface area contributed by atoms with Gasteiger partial charge in [-0.25, -0.2) is 12.8 Å². The van der Waals surface area contributed by atoms with E-state index < -0.39 is 15.9 Å². The van der Waals surface area contributed by atoms with Crippen molar-refractivity contribution >= 4 is 32.7 Å². The predicted octanol–water partition coefficient (Wildman–Crippen LogP) is 3.93. The maximum Gasteiger partial charge on any atom is 0.169 e. The maximum absolute atomic E-state index is 13.8. The lowest BCUT2D eigenvalue weighted by atomic mass is 10.0. The number of ether oxygens (including phenoxy) is 2. The molecule has 9 heteroatoms. The summed E-state index contributed by atoms with van der Waals surface area (Å²) >= 11 is 1.85. The van der Waals surface area contributed by atoms with E-state index in [1.54, 1.807) is 20.8 Å². The van der Waals surface area contributed by atoms with Crippen LogP contribution in [-0.4, -0.2) is 31.3 Å². The van der Waals surface area contributed by atoms with Crippen LogP contribution in [0.2, 0.25) is 0 Å². The van der Waals surface area contributed by atoms with Crippen molar-refractivity contribution in [2.24, 2.45) is 0 Å². The van der Waals surface area contributed by atoms with Gasteiger partial charge in [0.1, 0.15) is 34.8 Å². The second kappa shape index (κ2) is 8.61. The Morgan fingerprint density at radius 2 is 1.81 bits per heavy atom. The topological polar surface area (TPSA) is 95.9 Å². The lowest BCUT2D eigenvalue weighted by Gasteiger charge is -2.19. The minimum absolute atomic E-state index is 0.0180. The molecule has 6 nitrogen and oxygen atoms in total. The van der Waals surface area contributed by atoms with Gasteiger partial charge in [0.25, 0.3) is 0 Å². The van der Waals surface area contributed by atoms with Crippen LogP contribution in [0.3, 0.4) is 0 Å². The number of hydrogen-bond acceptors (Lipinski definition) is 6. The first-order valence-electron chi connectivity index (χ1n) is 8.04. The van der Waals surface area contributed by atoms with Crippen molar-refractivity contribution in [1.29, 1.82) is 0 Å². The average molecular weight is 509 g/mol. The van der Waals surface area contributed by atoms with Crippen LogP contribution < -0.4 is 9.47 Å². The highest BCUT2D eigenvalue weighted by Gasteiger charge is 2.16. The Bertz CT molecular complexity index is 920. The smallest absolute Gasteiger partial charge is 0.169 e. The molecule has 0 aliphatic carbocycles. The molecule has 1 N–H and O–H groups in total. The summed E-state index contributed by atoms with van der Waals surface area (Å²) in [5, 5.41) is 9.33. The molecule has 0 unspecified atom stereocenters. The highest BCUT2D eigenvalue weighted by atomic mass is 127. The number of halogens is 2. The number of phenols is 1. The zero-order chi connectivity index (χ0) is 20.4. The largest absolute Gasteiger partial charge is 0.744 e. The normalized spacial score (nSPS) is 11.7. The minimum Gasteiger partial charge on any atom is -0.744 e. The summed E-state index contributed by atoms with van der Waals surface area (Å²) in [7, 11) is -4.59. The van der Waals surface area contributed by atoms with Gasteiger partial charge >= 0.3 is 0 Å². The number of aromatic hydroxyl groups is 1. The molecule has 0 aliphatic rings. The van der Waals surface area contributed by atoms with Gasteiger partial charge in [0, 0.05) is 6.07 Å². The summed E-state index contributed by atoms with van der Waals surface area (Å²) in [6, 6.07) is 5.17. The molecular weight excluding hydrogens is 490 g/mol. The molecule has 0 saturated carbocycles. The molecule has 148 valence electrons. The zero-order valence-electron chi connectivity index (χ0n) is 15.0. The van der Waals surface area contributed by atoms with Crippen molar-refractivity contribution in [2.45, 2.75) is 31.6 Å². The molecule has 0 aliphatic heterocycles. The molecule has 0 atom stereocenters. The second-order valence-electron chi connectivity index (χ2n) is 6.20. The summed E-state index contributed by atoms with van der Waals surface area (Å²) in [6.07, 6.45) is 0. The van der Waals surface area contributed by atoms with Crippen LogP contribution in [-0.2, 0) is 10.1 Å². The molecule has 0 aromatic heterocycles. The van der Waals surface area contributed by atoms with Crippen molar-refractivity contribution < 1.29 is 31.9 Å². The highest BCUT2D eigenvalue weighted by Crippen LogP contribution is 2.31. The highest BCUT2D eigenvalue weighted by molar-refractivity contribution is 14.1. The van der Waals surface area contributed by atoms with E-state index in [0.717, 1.165) is 6.07 Å². The van der Waals surface area contributed by atoms with Gasteiger partial charge in [-0.3, -0.25) is 0 Å². The third-order valence-corrected chi connectivity index (χ3v) is 5.46. The molecule has 2 aromatic rings. The molecule has 0 fully saturated rings. The fraction of sp³-hybridized carbons (Fsp3) is 0.333. The van der Waals surface area contributed by atoms with Crippen LogP contribution >= 0.6 is 22.6 Å². The molecule has 0 saturated heterocycles. The van der Waals surface area contributed by atoms with Crippen LogP contribution in [0.5, 0.6) is 17.2 Å². The summed E-state index contributed by atoms with van der Waals surface area (Å²) in [5.74, 6) is -0.607.